The first-order valence-corrected chi connectivity index (χ1v) is 12.4. The Labute approximate surface area is 200 Å². The Bertz CT molecular complexity index is 1050. The van der Waals surface area contributed by atoms with Crippen LogP contribution in [-0.2, 0) is 10.2 Å². The van der Waals surface area contributed by atoms with E-state index in [4.69, 9.17) is 9.47 Å². The maximum atomic E-state index is 13.1. The van der Waals surface area contributed by atoms with Gasteiger partial charge in [-0.05, 0) is 43.1 Å². The SMILES string of the molecule is CC.CC.CNC(c1ccccc1)c1cnc(NC(=O)C2(c3ccc4c(c3)OCO4)CC2)s1. The van der Waals surface area contributed by atoms with Crippen molar-refractivity contribution in [1.29, 1.82) is 0 Å². The fraction of sp³-hybridized carbons (Fsp3) is 0.385. The molecule has 1 saturated carbocycles. The number of aromatic nitrogens is 1. The van der Waals surface area contributed by atoms with E-state index in [0.29, 0.717) is 10.9 Å². The van der Waals surface area contributed by atoms with Gasteiger partial charge in [0.2, 0.25) is 12.7 Å². The summed E-state index contributed by atoms with van der Waals surface area (Å²) in [6.45, 7) is 8.23. The summed E-state index contributed by atoms with van der Waals surface area (Å²) in [7, 11) is 1.93. The predicted octanol–water partition coefficient (Wildman–Crippen LogP) is 5.90. The van der Waals surface area contributed by atoms with Crippen LogP contribution in [0.15, 0.2) is 54.7 Å². The van der Waals surface area contributed by atoms with Crippen LogP contribution in [0.3, 0.4) is 0 Å². The molecule has 2 N–H and O–H groups in total. The number of benzene rings is 2. The van der Waals surface area contributed by atoms with Gasteiger partial charge in [0.25, 0.3) is 0 Å². The Hall–Kier alpha value is -2.90. The number of rotatable bonds is 6. The summed E-state index contributed by atoms with van der Waals surface area (Å²) < 4.78 is 10.9. The third-order valence-corrected chi connectivity index (χ3v) is 6.54. The first-order valence-electron chi connectivity index (χ1n) is 11.6. The first kappa shape index (κ1) is 24.7. The van der Waals surface area contributed by atoms with Crippen LogP contribution >= 0.6 is 11.3 Å². The third kappa shape index (κ3) is 5.20. The van der Waals surface area contributed by atoms with E-state index in [1.807, 2.05) is 77.3 Å². The zero-order chi connectivity index (χ0) is 23.8. The van der Waals surface area contributed by atoms with E-state index in [1.165, 1.54) is 11.3 Å². The predicted molar refractivity (Wildman–Crippen MR) is 134 cm³/mol. The van der Waals surface area contributed by atoms with E-state index >= 15 is 0 Å². The second-order valence-corrected chi connectivity index (χ2v) is 8.37. The number of nitrogens with one attached hydrogen (secondary N) is 2. The van der Waals surface area contributed by atoms with Gasteiger partial charge >= 0.3 is 0 Å². The molecule has 0 saturated heterocycles. The first-order chi connectivity index (χ1) is 16.2. The highest BCUT2D eigenvalue weighted by molar-refractivity contribution is 7.15. The van der Waals surface area contributed by atoms with Crippen molar-refractivity contribution in [3.63, 3.8) is 0 Å². The van der Waals surface area contributed by atoms with E-state index in [1.54, 1.807) is 0 Å². The maximum Gasteiger partial charge on any atom is 0.236 e. The zero-order valence-corrected chi connectivity index (χ0v) is 20.8. The second-order valence-electron chi connectivity index (χ2n) is 7.30. The minimum atomic E-state index is -0.505. The number of anilines is 1. The molecular formula is C26H33N3O3S. The molecule has 0 spiro atoms. The monoisotopic (exact) mass is 467 g/mol. The van der Waals surface area contributed by atoms with Gasteiger partial charge in [-0.1, -0.05) is 75.4 Å². The standard InChI is InChI=1S/C22H21N3O3S.2C2H6/c1-23-19(14-5-3-2-4-6-14)18-12-24-21(29-18)25-20(26)22(9-10-22)15-7-8-16-17(11-15)28-13-27-16;2*1-2/h2-8,11-12,19,23H,9-10,13H2,1H3,(H,24,25,26);2*1-2H3. The summed E-state index contributed by atoms with van der Waals surface area (Å²) in [5.74, 6) is 1.42. The molecule has 0 bridgehead atoms. The molecule has 2 heterocycles. The highest BCUT2D eigenvalue weighted by atomic mass is 32.1. The van der Waals surface area contributed by atoms with Gasteiger partial charge in [-0.25, -0.2) is 4.98 Å². The normalized spacial score (nSPS) is 15.3. The van der Waals surface area contributed by atoms with Gasteiger partial charge < -0.3 is 20.1 Å². The minimum absolute atomic E-state index is 0.0158. The molecule has 3 aromatic rings. The number of ether oxygens (including phenoxy) is 2. The van der Waals surface area contributed by atoms with Gasteiger partial charge in [0.05, 0.1) is 11.5 Å². The van der Waals surface area contributed by atoms with E-state index < -0.39 is 5.41 Å². The Balaban J connectivity index is 0.000000728. The largest absolute Gasteiger partial charge is 0.454 e. The highest BCUT2D eigenvalue weighted by Gasteiger charge is 2.52. The van der Waals surface area contributed by atoms with Gasteiger partial charge in [-0.15, -0.1) is 0 Å². The van der Waals surface area contributed by atoms with Crippen LogP contribution in [0.1, 0.15) is 62.6 Å². The maximum absolute atomic E-state index is 13.1. The fourth-order valence-electron chi connectivity index (χ4n) is 3.78. The average Bonchev–Trinajstić information content (AvgIpc) is 3.34. The molecule has 2 aliphatic rings. The molecule has 1 aromatic heterocycles. The quantitative estimate of drug-likeness (QED) is 0.472. The topological polar surface area (TPSA) is 72.5 Å². The third-order valence-electron chi connectivity index (χ3n) is 5.56. The molecule has 1 aliphatic heterocycles. The van der Waals surface area contributed by atoms with Crippen molar-refractivity contribution in [3.8, 4) is 11.5 Å². The lowest BCUT2D eigenvalue weighted by Crippen LogP contribution is -2.27. The fourth-order valence-corrected chi connectivity index (χ4v) is 4.73. The summed E-state index contributed by atoms with van der Waals surface area (Å²) in [5.41, 5.74) is 1.62. The second kappa shape index (κ2) is 11.3. The zero-order valence-electron chi connectivity index (χ0n) is 20.0. The lowest BCUT2D eigenvalue weighted by molar-refractivity contribution is -0.118. The molecule has 6 nitrogen and oxygen atoms in total. The Morgan fingerprint density at radius 1 is 1.03 bits per heavy atom. The molecule has 176 valence electrons. The molecule has 1 fully saturated rings. The summed E-state index contributed by atoms with van der Waals surface area (Å²) in [6.07, 6.45) is 3.47. The number of fused-ring (bicyclic) bond motifs is 1. The molecule has 1 amide bonds. The van der Waals surface area contributed by atoms with Crippen molar-refractivity contribution >= 4 is 22.4 Å². The molecule has 0 radical (unpaired) electrons. The minimum Gasteiger partial charge on any atom is -0.454 e. The van der Waals surface area contributed by atoms with Gasteiger partial charge in [0, 0.05) is 11.1 Å². The summed E-state index contributed by atoms with van der Waals surface area (Å²) in [5, 5.41) is 6.97. The van der Waals surface area contributed by atoms with Crippen molar-refractivity contribution in [2.24, 2.45) is 0 Å². The van der Waals surface area contributed by atoms with Crippen LogP contribution in [0.25, 0.3) is 0 Å². The molecule has 1 unspecified atom stereocenters. The average molecular weight is 468 g/mol. The highest BCUT2D eigenvalue weighted by Crippen LogP contribution is 2.51. The van der Waals surface area contributed by atoms with Crippen molar-refractivity contribution < 1.29 is 14.3 Å². The lowest BCUT2D eigenvalue weighted by Gasteiger charge is -2.15. The summed E-state index contributed by atoms with van der Waals surface area (Å²) in [6, 6.07) is 16.0. The van der Waals surface area contributed by atoms with Crippen molar-refractivity contribution in [1.82, 2.24) is 10.3 Å². The van der Waals surface area contributed by atoms with Gasteiger partial charge in [-0.3, -0.25) is 4.79 Å². The lowest BCUT2D eigenvalue weighted by atomic mass is 9.94. The Morgan fingerprint density at radius 3 is 2.39 bits per heavy atom. The number of carbonyl (C=O) groups excluding carboxylic acids is 1. The van der Waals surface area contributed by atoms with Crippen molar-refractivity contribution in [2.75, 3.05) is 19.2 Å². The number of carbonyl (C=O) groups is 1. The Kier molecular flexibility index (Phi) is 8.47. The van der Waals surface area contributed by atoms with E-state index in [0.717, 1.165) is 34.6 Å². The summed E-state index contributed by atoms with van der Waals surface area (Å²) in [4.78, 5) is 18.6. The molecule has 1 atom stereocenters. The summed E-state index contributed by atoms with van der Waals surface area (Å²) >= 11 is 1.50. The molecule has 1 aliphatic carbocycles. The van der Waals surface area contributed by atoms with Crippen LogP contribution in [-0.4, -0.2) is 24.7 Å². The number of hydrogen-bond acceptors (Lipinski definition) is 6. The van der Waals surface area contributed by atoms with Crippen molar-refractivity contribution in [2.45, 2.75) is 52.0 Å². The van der Waals surface area contributed by atoms with E-state index in [9.17, 15) is 4.79 Å². The van der Waals surface area contributed by atoms with Gasteiger partial charge in [0.15, 0.2) is 16.6 Å². The smallest absolute Gasteiger partial charge is 0.236 e. The van der Waals surface area contributed by atoms with Crippen LogP contribution in [0, 0.1) is 0 Å². The Morgan fingerprint density at radius 2 is 1.73 bits per heavy atom. The van der Waals surface area contributed by atoms with Gasteiger partial charge in [0.1, 0.15) is 0 Å². The van der Waals surface area contributed by atoms with Crippen LogP contribution in [0.4, 0.5) is 5.13 Å². The number of thiazole rings is 1. The van der Waals surface area contributed by atoms with Crippen LogP contribution in [0.2, 0.25) is 0 Å². The number of amides is 1. The molecule has 7 heteroatoms. The van der Waals surface area contributed by atoms with Crippen LogP contribution in [0.5, 0.6) is 11.5 Å². The number of nitrogens with zero attached hydrogens (tertiary/aromatic N) is 1. The molecule has 5 rings (SSSR count). The van der Waals surface area contributed by atoms with E-state index in [-0.39, 0.29) is 18.7 Å². The van der Waals surface area contributed by atoms with E-state index in [2.05, 4.69) is 27.8 Å². The molecular weight excluding hydrogens is 434 g/mol. The van der Waals surface area contributed by atoms with Gasteiger partial charge in [-0.2, -0.15) is 0 Å². The van der Waals surface area contributed by atoms with Crippen LogP contribution < -0.4 is 20.1 Å². The number of hydrogen-bond donors (Lipinski definition) is 2. The molecule has 2 aromatic carbocycles. The van der Waals surface area contributed by atoms with Crippen molar-refractivity contribution in [3.05, 3.63) is 70.7 Å². The molecule has 33 heavy (non-hydrogen) atoms.